The summed E-state index contributed by atoms with van der Waals surface area (Å²) >= 11 is 0. The van der Waals surface area contributed by atoms with E-state index in [1.165, 1.54) is 6.07 Å². The first-order chi connectivity index (χ1) is 8.58. The predicted octanol–water partition coefficient (Wildman–Crippen LogP) is 1.07. The molecule has 0 aromatic heterocycles. The van der Waals surface area contributed by atoms with E-state index in [1.54, 1.807) is 12.1 Å². The Balaban J connectivity index is 2.92. The number of hydrogen-bond acceptors (Lipinski definition) is 4. The summed E-state index contributed by atoms with van der Waals surface area (Å²) in [6.45, 7) is 3.79. The zero-order valence-electron chi connectivity index (χ0n) is 10.4. The second kappa shape index (κ2) is 6.62. The van der Waals surface area contributed by atoms with E-state index < -0.39 is 0 Å². The molecule has 0 aliphatic rings. The molecule has 0 saturated heterocycles. The molecule has 0 aliphatic heterocycles. The van der Waals surface area contributed by atoms with Gasteiger partial charge < -0.3 is 15.2 Å². The third-order valence-electron chi connectivity index (χ3n) is 2.12. The van der Waals surface area contributed by atoms with Crippen LogP contribution in [0.2, 0.25) is 0 Å². The standard InChI is InChI=1S/C13H16N2O3/c1-9(2)18-12-4-3-10(7-11(12)8-14)13(17)15-5-6-16/h3-4,7,9,16H,5-6H2,1-2H3,(H,15,17). The van der Waals surface area contributed by atoms with Crippen molar-refractivity contribution < 1.29 is 14.6 Å². The second-order valence-corrected chi connectivity index (χ2v) is 3.97. The van der Waals surface area contributed by atoms with Crippen molar-refractivity contribution in [1.82, 2.24) is 5.32 Å². The molecule has 1 aromatic carbocycles. The van der Waals surface area contributed by atoms with E-state index in [0.29, 0.717) is 16.9 Å². The van der Waals surface area contributed by atoms with Crippen molar-refractivity contribution in [3.63, 3.8) is 0 Å². The highest BCUT2D eigenvalue weighted by Gasteiger charge is 2.10. The molecule has 96 valence electrons. The van der Waals surface area contributed by atoms with Crippen molar-refractivity contribution in [2.45, 2.75) is 20.0 Å². The first-order valence-corrected chi connectivity index (χ1v) is 5.68. The first-order valence-electron chi connectivity index (χ1n) is 5.68. The quantitative estimate of drug-likeness (QED) is 0.816. The van der Waals surface area contributed by atoms with Crippen LogP contribution in [-0.2, 0) is 0 Å². The Labute approximate surface area is 106 Å². The lowest BCUT2D eigenvalue weighted by molar-refractivity contribution is 0.0944. The van der Waals surface area contributed by atoms with Crippen LogP contribution in [0.25, 0.3) is 0 Å². The Hall–Kier alpha value is -2.06. The maximum atomic E-state index is 11.6. The van der Waals surface area contributed by atoms with Crippen LogP contribution in [0.4, 0.5) is 0 Å². The number of aliphatic hydroxyl groups is 1. The van der Waals surface area contributed by atoms with Gasteiger partial charge >= 0.3 is 0 Å². The lowest BCUT2D eigenvalue weighted by atomic mass is 10.1. The fourth-order valence-corrected chi connectivity index (χ4v) is 1.39. The molecule has 0 radical (unpaired) electrons. The molecule has 2 N–H and O–H groups in total. The molecule has 0 heterocycles. The smallest absolute Gasteiger partial charge is 0.251 e. The fourth-order valence-electron chi connectivity index (χ4n) is 1.39. The van der Waals surface area contributed by atoms with Crippen LogP contribution in [-0.4, -0.2) is 30.3 Å². The maximum Gasteiger partial charge on any atom is 0.251 e. The van der Waals surface area contributed by atoms with Gasteiger partial charge in [0.2, 0.25) is 0 Å². The van der Waals surface area contributed by atoms with E-state index in [0.717, 1.165) is 0 Å². The normalized spacial score (nSPS) is 9.94. The minimum Gasteiger partial charge on any atom is -0.490 e. The number of nitrogens with zero attached hydrogens (tertiary/aromatic N) is 1. The van der Waals surface area contributed by atoms with Crippen molar-refractivity contribution in [3.8, 4) is 11.8 Å². The molecule has 0 bridgehead atoms. The third kappa shape index (κ3) is 3.75. The average molecular weight is 248 g/mol. The number of carbonyl (C=O) groups is 1. The molecule has 0 spiro atoms. The summed E-state index contributed by atoms with van der Waals surface area (Å²) in [7, 11) is 0. The van der Waals surface area contributed by atoms with E-state index >= 15 is 0 Å². The first kappa shape index (κ1) is 14.0. The zero-order valence-corrected chi connectivity index (χ0v) is 10.4. The van der Waals surface area contributed by atoms with E-state index in [4.69, 9.17) is 15.1 Å². The summed E-state index contributed by atoms with van der Waals surface area (Å²) in [4.78, 5) is 11.6. The van der Waals surface area contributed by atoms with Gasteiger partial charge in [0, 0.05) is 12.1 Å². The van der Waals surface area contributed by atoms with Crippen molar-refractivity contribution in [1.29, 1.82) is 5.26 Å². The van der Waals surface area contributed by atoms with Crippen LogP contribution in [0.1, 0.15) is 29.8 Å². The highest BCUT2D eigenvalue weighted by atomic mass is 16.5. The van der Waals surface area contributed by atoms with Crippen molar-refractivity contribution >= 4 is 5.91 Å². The number of aliphatic hydroxyl groups excluding tert-OH is 1. The molecular formula is C13H16N2O3. The SMILES string of the molecule is CC(C)Oc1ccc(C(=O)NCCO)cc1C#N. The van der Waals surface area contributed by atoms with E-state index in [-0.39, 0.29) is 25.2 Å². The molecule has 1 amide bonds. The number of amides is 1. The maximum absolute atomic E-state index is 11.6. The van der Waals surface area contributed by atoms with Gasteiger partial charge in [0.05, 0.1) is 18.3 Å². The molecule has 1 rings (SSSR count). The van der Waals surface area contributed by atoms with Crippen LogP contribution in [0, 0.1) is 11.3 Å². The molecule has 5 nitrogen and oxygen atoms in total. The Morgan fingerprint density at radius 1 is 1.56 bits per heavy atom. The highest BCUT2D eigenvalue weighted by molar-refractivity contribution is 5.94. The third-order valence-corrected chi connectivity index (χ3v) is 2.12. The molecule has 0 saturated carbocycles. The van der Waals surface area contributed by atoms with Crippen LogP contribution in [0.3, 0.4) is 0 Å². The second-order valence-electron chi connectivity index (χ2n) is 3.97. The molecule has 5 heteroatoms. The van der Waals surface area contributed by atoms with Gasteiger partial charge in [-0.05, 0) is 32.0 Å². The van der Waals surface area contributed by atoms with Gasteiger partial charge in [-0.2, -0.15) is 5.26 Å². The van der Waals surface area contributed by atoms with Gasteiger partial charge in [-0.3, -0.25) is 4.79 Å². The minimum atomic E-state index is -0.323. The zero-order chi connectivity index (χ0) is 13.5. The van der Waals surface area contributed by atoms with Gasteiger partial charge in [0.15, 0.2) is 0 Å². The van der Waals surface area contributed by atoms with E-state index in [1.807, 2.05) is 19.9 Å². The number of nitrogens with one attached hydrogen (secondary N) is 1. The number of ether oxygens (including phenoxy) is 1. The summed E-state index contributed by atoms with van der Waals surface area (Å²) in [5.41, 5.74) is 0.691. The topological polar surface area (TPSA) is 82.3 Å². The fraction of sp³-hybridized carbons (Fsp3) is 0.385. The Morgan fingerprint density at radius 2 is 2.28 bits per heavy atom. The number of benzene rings is 1. The van der Waals surface area contributed by atoms with Gasteiger partial charge in [-0.15, -0.1) is 0 Å². The molecule has 1 aromatic rings. The molecular weight excluding hydrogens is 232 g/mol. The Bertz CT molecular complexity index is 464. The number of nitriles is 1. The number of carbonyl (C=O) groups excluding carboxylic acids is 1. The Kier molecular flexibility index (Phi) is 5.15. The minimum absolute atomic E-state index is 0.0360. The Morgan fingerprint density at radius 3 is 2.83 bits per heavy atom. The molecule has 0 aliphatic carbocycles. The lowest BCUT2D eigenvalue weighted by Crippen LogP contribution is -2.26. The molecule has 18 heavy (non-hydrogen) atoms. The van der Waals surface area contributed by atoms with Crippen LogP contribution in [0.5, 0.6) is 5.75 Å². The summed E-state index contributed by atoms with van der Waals surface area (Å²) in [6.07, 6.45) is -0.0360. The average Bonchev–Trinajstić information content (AvgIpc) is 2.35. The highest BCUT2D eigenvalue weighted by Crippen LogP contribution is 2.20. The van der Waals surface area contributed by atoms with Gasteiger partial charge in [-0.1, -0.05) is 0 Å². The van der Waals surface area contributed by atoms with Crippen LogP contribution in [0.15, 0.2) is 18.2 Å². The monoisotopic (exact) mass is 248 g/mol. The van der Waals surface area contributed by atoms with Crippen molar-refractivity contribution in [3.05, 3.63) is 29.3 Å². The van der Waals surface area contributed by atoms with Crippen LogP contribution < -0.4 is 10.1 Å². The van der Waals surface area contributed by atoms with Gasteiger partial charge in [0.25, 0.3) is 5.91 Å². The number of hydrogen-bond donors (Lipinski definition) is 2. The van der Waals surface area contributed by atoms with Gasteiger partial charge in [-0.25, -0.2) is 0 Å². The lowest BCUT2D eigenvalue weighted by Gasteiger charge is -2.12. The van der Waals surface area contributed by atoms with Crippen molar-refractivity contribution in [2.75, 3.05) is 13.2 Å². The molecule has 0 unspecified atom stereocenters. The molecule has 0 fully saturated rings. The van der Waals surface area contributed by atoms with Crippen molar-refractivity contribution in [2.24, 2.45) is 0 Å². The largest absolute Gasteiger partial charge is 0.490 e. The summed E-state index contributed by atoms with van der Waals surface area (Å²) in [5.74, 6) is 0.142. The van der Waals surface area contributed by atoms with Crippen LogP contribution >= 0.6 is 0 Å². The summed E-state index contributed by atoms with van der Waals surface area (Å²) in [5, 5.41) is 20.2. The number of rotatable bonds is 5. The van der Waals surface area contributed by atoms with E-state index in [9.17, 15) is 4.79 Å². The summed E-state index contributed by atoms with van der Waals surface area (Å²) in [6, 6.07) is 6.67. The van der Waals surface area contributed by atoms with E-state index in [2.05, 4.69) is 5.32 Å². The summed E-state index contributed by atoms with van der Waals surface area (Å²) < 4.78 is 5.46. The predicted molar refractivity (Wildman–Crippen MR) is 66.3 cm³/mol. The molecule has 0 atom stereocenters. The van der Waals surface area contributed by atoms with Gasteiger partial charge in [0.1, 0.15) is 11.8 Å².